The molecule has 0 aliphatic heterocycles. The van der Waals surface area contributed by atoms with Gasteiger partial charge in [0.05, 0.1) is 5.56 Å². The molecule has 0 saturated heterocycles. The average Bonchev–Trinajstić information content (AvgIpc) is 2.35. The zero-order valence-corrected chi connectivity index (χ0v) is 12.3. The van der Waals surface area contributed by atoms with E-state index in [-0.39, 0.29) is 12.4 Å². The molecule has 0 bridgehead atoms. The van der Waals surface area contributed by atoms with E-state index in [0.717, 1.165) is 6.07 Å². The minimum atomic E-state index is -4.32. The van der Waals surface area contributed by atoms with Gasteiger partial charge in [-0.2, -0.15) is 13.2 Å². The molecule has 1 rings (SSSR count). The predicted molar refractivity (Wildman–Crippen MR) is 74.5 cm³/mol. The van der Waals surface area contributed by atoms with Crippen LogP contribution in [0.1, 0.15) is 50.3 Å². The van der Waals surface area contributed by atoms with E-state index < -0.39 is 17.3 Å². The fourth-order valence-corrected chi connectivity index (χ4v) is 2.33. The van der Waals surface area contributed by atoms with Crippen LogP contribution in [0.15, 0.2) is 18.2 Å². The predicted octanol–water partition coefficient (Wildman–Crippen LogP) is 4.66. The van der Waals surface area contributed by atoms with Gasteiger partial charge in [0, 0.05) is 5.54 Å². The second-order valence-corrected chi connectivity index (χ2v) is 4.55. The van der Waals surface area contributed by atoms with Crippen LogP contribution in [0.2, 0.25) is 0 Å². The minimum absolute atomic E-state index is 0. The summed E-state index contributed by atoms with van der Waals surface area (Å²) in [6.07, 6.45) is -2.73. The average molecular weight is 296 g/mol. The zero-order valence-electron chi connectivity index (χ0n) is 11.5. The van der Waals surface area contributed by atoms with Crippen molar-refractivity contribution in [3.63, 3.8) is 0 Å². The number of benzene rings is 1. The normalized spacial score (nSPS) is 12.2. The summed E-state index contributed by atoms with van der Waals surface area (Å²) >= 11 is 0. The summed E-state index contributed by atoms with van der Waals surface area (Å²) in [6, 6.07) is 4.30. The Balaban J connectivity index is 0.00000324. The van der Waals surface area contributed by atoms with Gasteiger partial charge in [0.15, 0.2) is 0 Å². The second-order valence-electron chi connectivity index (χ2n) is 4.55. The number of halogens is 4. The minimum Gasteiger partial charge on any atom is -0.321 e. The Kier molecular flexibility index (Phi) is 6.36. The Bertz CT molecular complexity index is 412. The quantitative estimate of drug-likeness (QED) is 0.858. The van der Waals surface area contributed by atoms with Gasteiger partial charge < -0.3 is 5.73 Å². The third kappa shape index (κ3) is 3.63. The highest BCUT2D eigenvalue weighted by atomic mass is 35.5. The Morgan fingerprint density at radius 1 is 1.00 bits per heavy atom. The number of hydrogen-bond acceptors (Lipinski definition) is 1. The van der Waals surface area contributed by atoms with Crippen LogP contribution >= 0.6 is 12.4 Å². The molecule has 5 heteroatoms. The van der Waals surface area contributed by atoms with Crippen molar-refractivity contribution in [3.05, 3.63) is 34.9 Å². The molecule has 0 spiro atoms. The van der Waals surface area contributed by atoms with E-state index in [0.29, 0.717) is 30.4 Å². The molecule has 0 aromatic heterocycles. The van der Waals surface area contributed by atoms with Crippen molar-refractivity contribution in [1.82, 2.24) is 0 Å². The molecule has 0 saturated carbocycles. The first-order valence-corrected chi connectivity index (χ1v) is 6.28. The molecule has 0 aliphatic carbocycles. The summed E-state index contributed by atoms with van der Waals surface area (Å²) in [5.74, 6) is 0. The maximum atomic E-state index is 13.0. The molecule has 0 unspecified atom stereocenters. The van der Waals surface area contributed by atoms with E-state index >= 15 is 0 Å². The smallest absolute Gasteiger partial charge is 0.321 e. The van der Waals surface area contributed by atoms with Crippen LogP contribution < -0.4 is 5.73 Å². The first kappa shape index (κ1) is 18.3. The van der Waals surface area contributed by atoms with Gasteiger partial charge >= 0.3 is 6.18 Å². The topological polar surface area (TPSA) is 26.0 Å². The standard InChI is InChI=1S/C14H20F3N.ClH/c1-4-10-11(13(18,5-2)6-3)8-7-9-12(10)14(15,16)17;/h7-9H,4-6,18H2,1-3H3;1H. The van der Waals surface area contributed by atoms with Crippen LogP contribution in [-0.4, -0.2) is 0 Å². The first-order chi connectivity index (χ1) is 8.30. The molecule has 110 valence electrons. The van der Waals surface area contributed by atoms with Crippen LogP contribution in [0.4, 0.5) is 13.2 Å². The third-order valence-corrected chi connectivity index (χ3v) is 3.63. The zero-order chi connectivity index (χ0) is 14.0. The van der Waals surface area contributed by atoms with E-state index in [9.17, 15) is 13.2 Å². The molecule has 0 aliphatic rings. The van der Waals surface area contributed by atoms with Gasteiger partial charge in [-0.25, -0.2) is 0 Å². The lowest BCUT2D eigenvalue weighted by molar-refractivity contribution is -0.138. The molecule has 1 aromatic carbocycles. The van der Waals surface area contributed by atoms with Crippen molar-refractivity contribution in [2.24, 2.45) is 5.73 Å². The fraction of sp³-hybridized carbons (Fsp3) is 0.571. The van der Waals surface area contributed by atoms with Gasteiger partial charge in [-0.1, -0.05) is 32.9 Å². The van der Waals surface area contributed by atoms with Crippen LogP contribution in [-0.2, 0) is 18.1 Å². The van der Waals surface area contributed by atoms with E-state index in [1.165, 1.54) is 6.07 Å². The van der Waals surface area contributed by atoms with Crippen molar-refractivity contribution in [3.8, 4) is 0 Å². The number of nitrogens with two attached hydrogens (primary N) is 1. The summed E-state index contributed by atoms with van der Waals surface area (Å²) in [5, 5.41) is 0. The molecule has 0 amide bonds. The Labute approximate surface area is 118 Å². The molecule has 0 radical (unpaired) electrons. The number of hydrogen-bond donors (Lipinski definition) is 1. The Hall–Kier alpha value is -0.740. The third-order valence-electron chi connectivity index (χ3n) is 3.63. The van der Waals surface area contributed by atoms with Crippen molar-refractivity contribution < 1.29 is 13.2 Å². The molecular weight excluding hydrogens is 275 g/mol. The molecule has 0 fully saturated rings. The van der Waals surface area contributed by atoms with Crippen LogP contribution in [0.3, 0.4) is 0 Å². The van der Waals surface area contributed by atoms with E-state index in [1.807, 2.05) is 13.8 Å². The maximum Gasteiger partial charge on any atom is 0.416 e. The molecule has 0 atom stereocenters. The second kappa shape index (κ2) is 6.62. The van der Waals surface area contributed by atoms with Gasteiger partial charge in [-0.05, 0) is 36.5 Å². The lowest BCUT2D eigenvalue weighted by atomic mass is 9.80. The van der Waals surface area contributed by atoms with Crippen molar-refractivity contribution in [1.29, 1.82) is 0 Å². The summed E-state index contributed by atoms with van der Waals surface area (Å²) in [4.78, 5) is 0. The number of alkyl halides is 3. The van der Waals surface area contributed by atoms with Crippen LogP contribution in [0, 0.1) is 0 Å². The molecule has 2 N–H and O–H groups in total. The molecular formula is C14H21ClF3N. The summed E-state index contributed by atoms with van der Waals surface area (Å²) in [5.41, 5.74) is 5.97. The van der Waals surface area contributed by atoms with E-state index in [4.69, 9.17) is 5.73 Å². The van der Waals surface area contributed by atoms with Gasteiger partial charge in [-0.15, -0.1) is 12.4 Å². The summed E-state index contributed by atoms with van der Waals surface area (Å²) < 4.78 is 38.9. The largest absolute Gasteiger partial charge is 0.416 e. The monoisotopic (exact) mass is 295 g/mol. The lowest BCUT2D eigenvalue weighted by Crippen LogP contribution is -2.36. The van der Waals surface area contributed by atoms with Gasteiger partial charge in [-0.3, -0.25) is 0 Å². The first-order valence-electron chi connectivity index (χ1n) is 6.28. The van der Waals surface area contributed by atoms with Gasteiger partial charge in [0.1, 0.15) is 0 Å². The van der Waals surface area contributed by atoms with Crippen molar-refractivity contribution in [2.45, 2.75) is 51.7 Å². The lowest BCUT2D eigenvalue weighted by Gasteiger charge is -2.31. The Morgan fingerprint density at radius 2 is 1.47 bits per heavy atom. The maximum absolute atomic E-state index is 13.0. The summed E-state index contributed by atoms with van der Waals surface area (Å²) in [7, 11) is 0. The molecule has 1 nitrogen and oxygen atoms in total. The van der Waals surface area contributed by atoms with Crippen LogP contribution in [0.5, 0.6) is 0 Å². The highest BCUT2D eigenvalue weighted by molar-refractivity contribution is 5.85. The van der Waals surface area contributed by atoms with Crippen molar-refractivity contribution >= 4 is 12.4 Å². The number of rotatable bonds is 4. The van der Waals surface area contributed by atoms with E-state index in [1.54, 1.807) is 13.0 Å². The van der Waals surface area contributed by atoms with Crippen molar-refractivity contribution in [2.75, 3.05) is 0 Å². The fourth-order valence-electron chi connectivity index (χ4n) is 2.33. The van der Waals surface area contributed by atoms with Crippen LogP contribution in [0.25, 0.3) is 0 Å². The van der Waals surface area contributed by atoms with Gasteiger partial charge in [0.25, 0.3) is 0 Å². The molecule has 0 heterocycles. The van der Waals surface area contributed by atoms with E-state index in [2.05, 4.69) is 0 Å². The highest BCUT2D eigenvalue weighted by Gasteiger charge is 2.36. The molecule has 19 heavy (non-hydrogen) atoms. The summed E-state index contributed by atoms with van der Waals surface area (Å²) in [6.45, 7) is 5.55. The van der Waals surface area contributed by atoms with Gasteiger partial charge in [0.2, 0.25) is 0 Å². The highest BCUT2D eigenvalue weighted by Crippen LogP contribution is 2.37. The molecule has 1 aromatic rings. The SMILES string of the molecule is CCc1c(C(F)(F)F)cccc1C(N)(CC)CC.Cl. The Morgan fingerprint density at radius 3 is 1.84 bits per heavy atom.